The van der Waals surface area contributed by atoms with Crippen LogP contribution in [0, 0.1) is 0 Å². The minimum atomic E-state index is 0.0727. The molecular formula is C21H19N3O. The zero-order chi connectivity index (χ0) is 17.1. The lowest BCUT2D eigenvalue weighted by molar-refractivity contribution is 0.264. The summed E-state index contributed by atoms with van der Waals surface area (Å²) < 4.78 is 0. The number of benzene rings is 1. The fourth-order valence-corrected chi connectivity index (χ4v) is 3.20. The molecule has 25 heavy (non-hydrogen) atoms. The van der Waals surface area contributed by atoms with E-state index in [-0.39, 0.29) is 12.5 Å². The largest absolute Gasteiger partial charge is 0.396 e. The Morgan fingerprint density at radius 2 is 1.84 bits per heavy atom. The molecule has 0 aliphatic carbocycles. The number of aliphatic imine (C=N–C) groups is 1. The first kappa shape index (κ1) is 15.7. The quantitative estimate of drug-likeness (QED) is 0.780. The second-order valence-electron chi connectivity index (χ2n) is 6.31. The van der Waals surface area contributed by atoms with Crippen LogP contribution < -0.4 is 0 Å². The maximum absolute atomic E-state index is 9.79. The summed E-state index contributed by atoms with van der Waals surface area (Å²) in [6, 6.07) is 14.4. The van der Waals surface area contributed by atoms with Crippen molar-refractivity contribution in [3.8, 4) is 11.1 Å². The summed E-state index contributed by atoms with van der Waals surface area (Å²) in [6.45, 7) is 0.786. The first-order valence-corrected chi connectivity index (χ1v) is 8.42. The Balaban J connectivity index is 1.60. The van der Waals surface area contributed by atoms with E-state index in [4.69, 9.17) is 0 Å². The Kier molecular flexibility index (Phi) is 4.36. The van der Waals surface area contributed by atoms with Gasteiger partial charge in [0.15, 0.2) is 0 Å². The van der Waals surface area contributed by atoms with Crippen molar-refractivity contribution in [2.45, 2.75) is 18.9 Å². The molecular weight excluding hydrogens is 310 g/mol. The van der Waals surface area contributed by atoms with Gasteiger partial charge in [0.1, 0.15) is 0 Å². The number of aliphatic hydroxyl groups is 1. The third-order valence-electron chi connectivity index (χ3n) is 4.58. The van der Waals surface area contributed by atoms with Crippen molar-refractivity contribution in [2.75, 3.05) is 6.61 Å². The molecule has 2 aromatic heterocycles. The predicted molar refractivity (Wildman–Crippen MR) is 98.7 cm³/mol. The standard InChI is InChI=1S/C21H19N3O/c25-14-20(16-4-2-1-3-5-16)7-15-6-17(10-22-9-15)18-8-19-11-23-13-21(19)24-12-18/h1-6,8-12,20,25H,7,13-14H2/t20-/m0/s1. The zero-order valence-corrected chi connectivity index (χ0v) is 13.8. The minimum Gasteiger partial charge on any atom is -0.396 e. The molecule has 0 unspecified atom stereocenters. The molecule has 0 amide bonds. The fourth-order valence-electron chi connectivity index (χ4n) is 3.20. The van der Waals surface area contributed by atoms with Gasteiger partial charge in [0.05, 0.1) is 18.8 Å². The third-order valence-corrected chi connectivity index (χ3v) is 4.58. The molecule has 0 bridgehead atoms. The first-order chi connectivity index (χ1) is 12.3. The topological polar surface area (TPSA) is 58.4 Å². The van der Waals surface area contributed by atoms with Crippen LogP contribution in [-0.4, -0.2) is 27.9 Å². The lowest BCUT2D eigenvalue weighted by Crippen LogP contribution is -2.08. The van der Waals surface area contributed by atoms with Gasteiger partial charge in [-0.25, -0.2) is 0 Å². The molecule has 0 saturated heterocycles. The Morgan fingerprint density at radius 1 is 1.00 bits per heavy atom. The maximum Gasteiger partial charge on any atom is 0.0818 e. The van der Waals surface area contributed by atoms with Crippen molar-refractivity contribution in [1.29, 1.82) is 0 Å². The van der Waals surface area contributed by atoms with Crippen molar-refractivity contribution in [2.24, 2.45) is 4.99 Å². The molecule has 4 rings (SSSR count). The van der Waals surface area contributed by atoms with E-state index in [9.17, 15) is 5.11 Å². The molecule has 1 aliphatic rings. The Morgan fingerprint density at radius 3 is 2.68 bits per heavy atom. The van der Waals surface area contributed by atoms with E-state index in [1.165, 1.54) is 0 Å². The summed E-state index contributed by atoms with van der Waals surface area (Å²) in [6.07, 6.45) is 8.24. The van der Waals surface area contributed by atoms with E-state index in [1.54, 1.807) is 0 Å². The molecule has 0 fully saturated rings. The predicted octanol–water partition coefficient (Wildman–Crippen LogP) is 3.39. The summed E-state index contributed by atoms with van der Waals surface area (Å²) in [5.41, 5.74) is 6.44. The van der Waals surface area contributed by atoms with E-state index < -0.39 is 0 Å². The molecule has 1 atom stereocenters. The van der Waals surface area contributed by atoms with Gasteiger partial charge in [0.25, 0.3) is 0 Å². The lowest BCUT2D eigenvalue weighted by atomic mass is 9.92. The third kappa shape index (κ3) is 3.35. The highest BCUT2D eigenvalue weighted by molar-refractivity contribution is 5.85. The van der Waals surface area contributed by atoms with Crippen LogP contribution >= 0.6 is 0 Å². The molecule has 1 aromatic carbocycles. The van der Waals surface area contributed by atoms with Crippen molar-refractivity contribution in [1.82, 2.24) is 9.97 Å². The average Bonchev–Trinajstić information content (AvgIpc) is 3.15. The zero-order valence-electron chi connectivity index (χ0n) is 13.8. The first-order valence-electron chi connectivity index (χ1n) is 8.42. The number of pyridine rings is 2. The van der Waals surface area contributed by atoms with Crippen molar-refractivity contribution in [3.05, 3.63) is 83.4 Å². The van der Waals surface area contributed by atoms with Crippen LogP contribution in [0.4, 0.5) is 0 Å². The molecule has 1 aliphatic heterocycles. The molecule has 3 heterocycles. The van der Waals surface area contributed by atoms with Crippen molar-refractivity contribution in [3.63, 3.8) is 0 Å². The second kappa shape index (κ2) is 6.95. The number of aliphatic hydroxyl groups excluding tert-OH is 1. The van der Waals surface area contributed by atoms with Crippen LogP contribution in [0.25, 0.3) is 11.1 Å². The van der Waals surface area contributed by atoms with E-state index in [0.29, 0.717) is 6.54 Å². The van der Waals surface area contributed by atoms with Crippen LogP contribution in [0.15, 0.2) is 66.0 Å². The highest BCUT2D eigenvalue weighted by Gasteiger charge is 2.13. The van der Waals surface area contributed by atoms with Crippen LogP contribution in [0.2, 0.25) is 0 Å². The van der Waals surface area contributed by atoms with Gasteiger partial charge in [-0.2, -0.15) is 0 Å². The van der Waals surface area contributed by atoms with Crippen LogP contribution in [0.1, 0.15) is 28.3 Å². The summed E-state index contributed by atoms with van der Waals surface area (Å²) in [5.74, 6) is 0.0727. The summed E-state index contributed by atoms with van der Waals surface area (Å²) in [4.78, 5) is 13.1. The molecule has 3 aromatic rings. The average molecular weight is 329 g/mol. The molecule has 4 heteroatoms. The number of aromatic nitrogens is 2. The van der Waals surface area contributed by atoms with Crippen LogP contribution in [-0.2, 0) is 13.0 Å². The van der Waals surface area contributed by atoms with Gasteiger partial charge in [-0.05, 0) is 29.7 Å². The van der Waals surface area contributed by atoms with Gasteiger partial charge in [-0.1, -0.05) is 30.3 Å². The van der Waals surface area contributed by atoms with Gasteiger partial charge in [-0.15, -0.1) is 0 Å². The van der Waals surface area contributed by atoms with Gasteiger partial charge in [-0.3, -0.25) is 15.0 Å². The smallest absolute Gasteiger partial charge is 0.0818 e. The number of hydrogen-bond donors (Lipinski definition) is 1. The van der Waals surface area contributed by atoms with E-state index in [2.05, 4.69) is 39.2 Å². The Hall–Kier alpha value is -2.85. The van der Waals surface area contributed by atoms with E-state index in [1.807, 2.05) is 43.0 Å². The normalized spacial score (nSPS) is 13.6. The van der Waals surface area contributed by atoms with Crippen LogP contribution in [0.5, 0.6) is 0 Å². The Labute approximate surface area is 146 Å². The number of rotatable bonds is 5. The minimum absolute atomic E-state index is 0.0727. The Bertz CT molecular complexity index is 906. The van der Waals surface area contributed by atoms with Crippen molar-refractivity contribution < 1.29 is 5.11 Å². The second-order valence-corrected chi connectivity index (χ2v) is 6.31. The SMILES string of the molecule is OC[C@H](Cc1cncc(-c2cnc3c(c2)C=NC3)c1)c1ccccc1. The van der Waals surface area contributed by atoms with Gasteiger partial charge in [0, 0.05) is 47.4 Å². The number of nitrogens with zero attached hydrogens (tertiary/aromatic N) is 3. The fraction of sp³-hybridized carbons (Fsp3) is 0.190. The molecule has 124 valence electrons. The molecule has 0 spiro atoms. The van der Waals surface area contributed by atoms with E-state index >= 15 is 0 Å². The summed E-state index contributed by atoms with van der Waals surface area (Å²) in [5, 5.41) is 9.79. The lowest BCUT2D eigenvalue weighted by Gasteiger charge is -2.15. The highest BCUT2D eigenvalue weighted by atomic mass is 16.3. The summed E-state index contributed by atoms with van der Waals surface area (Å²) in [7, 11) is 0. The summed E-state index contributed by atoms with van der Waals surface area (Å²) >= 11 is 0. The van der Waals surface area contributed by atoms with Crippen molar-refractivity contribution >= 4 is 6.21 Å². The van der Waals surface area contributed by atoms with Gasteiger partial charge >= 0.3 is 0 Å². The molecule has 4 nitrogen and oxygen atoms in total. The van der Waals surface area contributed by atoms with Gasteiger partial charge < -0.3 is 5.11 Å². The highest BCUT2D eigenvalue weighted by Crippen LogP contribution is 2.25. The molecule has 1 N–H and O–H groups in total. The molecule has 0 radical (unpaired) electrons. The maximum atomic E-state index is 9.79. The number of fused-ring (bicyclic) bond motifs is 1. The monoisotopic (exact) mass is 329 g/mol. The van der Waals surface area contributed by atoms with Gasteiger partial charge in [0.2, 0.25) is 0 Å². The molecule has 0 saturated carbocycles. The number of hydrogen-bond acceptors (Lipinski definition) is 4. The van der Waals surface area contributed by atoms with Crippen LogP contribution in [0.3, 0.4) is 0 Å². The van der Waals surface area contributed by atoms with E-state index in [0.717, 1.165) is 39.9 Å².